The highest BCUT2D eigenvalue weighted by Gasteiger charge is 2.20. The van der Waals surface area contributed by atoms with Gasteiger partial charge in [0.25, 0.3) is 0 Å². The molecular weight excluding hydrogens is 525 g/mol. The van der Waals surface area contributed by atoms with Crippen LogP contribution in [-0.2, 0) is 13.1 Å². The first kappa shape index (κ1) is 25.7. The Morgan fingerprint density at radius 3 is 2.45 bits per heavy atom. The summed E-state index contributed by atoms with van der Waals surface area (Å²) in [5.74, 6) is 2.96. The van der Waals surface area contributed by atoms with E-state index >= 15 is 0 Å². The van der Waals surface area contributed by atoms with Crippen LogP contribution < -0.4 is 14.8 Å². The molecule has 0 amide bonds. The predicted molar refractivity (Wildman–Crippen MR) is 138 cm³/mol. The number of hydrogen-bond acceptors (Lipinski definition) is 6. The molecule has 2 aromatic rings. The van der Waals surface area contributed by atoms with Gasteiger partial charge >= 0.3 is 0 Å². The summed E-state index contributed by atoms with van der Waals surface area (Å²) in [7, 11) is 5.18. The number of halogens is 1. The molecule has 172 valence electrons. The number of benzene rings is 1. The Bertz CT molecular complexity index is 850. The smallest absolute Gasteiger partial charge is 0.194 e. The van der Waals surface area contributed by atoms with E-state index in [1.807, 2.05) is 13.1 Å². The fourth-order valence-electron chi connectivity index (χ4n) is 3.53. The highest BCUT2D eigenvalue weighted by Crippen LogP contribution is 2.28. The molecule has 0 bridgehead atoms. The van der Waals surface area contributed by atoms with Gasteiger partial charge in [-0.05, 0) is 17.7 Å². The van der Waals surface area contributed by atoms with E-state index in [-0.39, 0.29) is 24.0 Å². The second kappa shape index (κ2) is 12.4. The highest BCUT2D eigenvalue weighted by atomic mass is 127. The van der Waals surface area contributed by atoms with E-state index in [2.05, 4.69) is 51.5 Å². The van der Waals surface area contributed by atoms with Gasteiger partial charge in [0.2, 0.25) is 0 Å². The van der Waals surface area contributed by atoms with Gasteiger partial charge in [0.15, 0.2) is 17.5 Å². The molecule has 2 heterocycles. The van der Waals surface area contributed by atoms with Crippen LogP contribution in [0.15, 0.2) is 28.6 Å². The van der Waals surface area contributed by atoms with Gasteiger partial charge in [-0.25, -0.2) is 4.98 Å². The molecule has 1 aromatic carbocycles. The lowest BCUT2D eigenvalue weighted by molar-refractivity contribution is 0.172. The zero-order chi connectivity index (χ0) is 21.5. The molecule has 1 fully saturated rings. The van der Waals surface area contributed by atoms with Gasteiger partial charge < -0.3 is 19.7 Å². The lowest BCUT2D eigenvalue weighted by Crippen LogP contribution is -2.52. The number of guanidine groups is 1. The second-order valence-corrected chi connectivity index (χ2v) is 8.57. The summed E-state index contributed by atoms with van der Waals surface area (Å²) >= 11 is 1.73. The van der Waals surface area contributed by atoms with Crippen molar-refractivity contribution in [2.45, 2.75) is 32.9 Å². The van der Waals surface area contributed by atoms with Crippen LogP contribution in [0.2, 0.25) is 0 Å². The van der Waals surface area contributed by atoms with E-state index in [1.165, 1.54) is 10.6 Å². The Hall–Kier alpha value is -1.59. The summed E-state index contributed by atoms with van der Waals surface area (Å²) < 4.78 is 10.8. The molecule has 0 unspecified atom stereocenters. The summed E-state index contributed by atoms with van der Waals surface area (Å²) in [5, 5.41) is 6.79. The van der Waals surface area contributed by atoms with Crippen molar-refractivity contribution in [2.75, 3.05) is 47.4 Å². The number of rotatable bonds is 7. The van der Waals surface area contributed by atoms with E-state index in [0.717, 1.165) is 55.9 Å². The number of thiazole rings is 1. The van der Waals surface area contributed by atoms with Crippen molar-refractivity contribution in [2.24, 2.45) is 4.99 Å². The Labute approximate surface area is 206 Å². The zero-order valence-electron chi connectivity index (χ0n) is 19.1. The lowest BCUT2D eigenvalue weighted by Gasteiger charge is -2.36. The summed E-state index contributed by atoms with van der Waals surface area (Å²) in [4.78, 5) is 14.0. The van der Waals surface area contributed by atoms with Crippen LogP contribution in [-0.4, -0.2) is 68.2 Å². The molecule has 1 N–H and O–H groups in total. The predicted octanol–water partition coefficient (Wildman–Crippen LogP) is 3.79. The summed E-state index contributed by atoms with van der Waals surface area (Å²) in [5.41, 5.74) is 2.31. The third kappa shape index (κ3) is 6.95. The summed E-state index contributed by atoms with van der Waals surface area (Å²) in [6.45, 7) is 9.83. The van der Waals surface area contributed by atoms with Gasteiger partial charge in [-0.2, -0.15) is 0 Å². The number of nitrogens with zero attached hydrogens (tertiary/aromatic N) is 4. The molecule has 0 spiro atoms. The topological polar surface area (TPSA) is 62.2 Å². The van der Waals surface area contributed by atoms with Crippen LogP contribution in [0.4, 0.5) is 0 Å². The monoisotopic (exact) mass is 559 g/mol. The van der Waals surface area contributed by atoms with E-state index in [9.17, 15) is 0 Å². The van der Waals surface area contributed by atoms with Gasteiger partial charge in [-0.3, -0.25) is 9.89 Å². The van der Waals surface area contributed by atoms with Crippen molar-refractivity contribution < 1.29 is 9.47 Å². The SMILES string of the molecule is CN=C(NCc1csc(C(C)C)n1)N1CCN(Cc2ccc(OC)c(OC)c2)CC1.I. The molecule has 0 aliphatic carbocycles. The molecule has 3 rings (SSSR count). The fraction of sp³-hybridized carbons (Fsp3) is 0.545. The molecule has 7 nitrogen and oxygen atoms in total. The molecule has 0 atom stereocenters. The molecule has 31 heavy (non-hydrogen) atoms. The summed E-state index contributed by atoms with van der Waals surface area (Å²) in [6, 6.07) is 6.14. The fourth-order valence-corrected chi connectivity index (χ4v) is 4.36. The first-order valence-electron chi connectivity index (χ1n) is 10.4. The molecule has 1 aromatic heterocycles. The molecule has 1 aliphatic rings. The normalized spacial score (nSPS) is 15.0. The first-order valence-corrected chi connectivity index (χ1v) is 11.2. The van der Waals surface area contributed by atoms with Crippen molar-refractivity contribution in [1.82, 2.24) is 20.1 Å². The summed E-state index contributed by atoms with van der Waals surface area (Å²) in [6.07, 6.45) is 0. The number of hydrogen-bond donors (Lipinski definition) is 1. The van der Waals surface area contributed by atoms with Crippen LogP contribution in [0, 0.1) is 0 Å². The van der Waals surface area contributed by atoms with Crippen molar-refractivity contribution in [3.8, 4) is 11.5 Å². The van der Waals surface area contributed by atoms with E-state index in [1.54, 1.807) is 25.6 Å². The second-order valence-electron chi connectivity index (χ2n) is 7.69. The Morgan fingerprint density at radius 1 is 1.16 bits per heavy atom. The number of piperazine rings is 1. The van der Waals surface area contributed by atoms with Crippen molar-refractivity contribution >= 4 is 41.3 Å². The number of aromatic nitrogens is 1. The third-order valence-corrected chi connectivity index (χ3v) is 6.42. The molecule has 1 saturated heterocycles. The minimum absolute atomic E-state index is 0. The Morgan fingerprint density at radius 2 is 1.87 bits per heavy atom. The molecular formula is C22H34IN5O2S. The van der Waals surface area contributed by atoms with Crippen LogP contribution >= 0.6 is 35.3 Å². The van der Waals surface area contributed by atoms with Gasteiger partial charge in [-0.15, -0.1) is 35.3 Å². The average Bonchev–Trinajstić information content (AvgIpc) is 3.24. The standard InChI is InChI=1S/C22H33N5O2S.HI/c1-16(2)21-25-18(15-30-21)13-24-22(23-3)27-10-8-26(9-11-27)14-17-6-7-19(28-4)20(12-17)29-5;/h6-7,12,15-16H,8-11,13-14H2,1-5H3,(H,23,24);1H. The van der Waals surface area contributed by atoms with Crippen LogP contribution in [0.5, 0.6) is 11.5 Å². The van der Waals surface area contributed by atoms with Gasteiger partial charge in [0, 0.05) is 51.1 Å². The van der Waals surface area contributed by atoms with Crippen molar-refractivity contribution in [1.29, 1.82) is 0 Å². The Kier molecular flexibility index (Phi) is 10.3. The zero-order valence-corrected chi connectivity index (χ0v) is 22.2. The largest absolute Gasteiger partial charge is 0.493 e. The van der Waals surface area contributed by atoms with Crippen LogP contribution in [0.25, 0.3) is 0 Å². The third-order valence-electron chi connectivity index (χ3n) is 5.23. The lowest BCUT2D eigenvalue weighted by atomic mass is 10.1. The Balaban J connectivity index is 0.00000341. The number of nitrogens with one attached hydrogen (secondary N) is 1. The quantitative estimate of drug-likeness (QED) is 0.317. The molecule has 0 radical (unpaired) electrons. The first-order chi connectivity index (χ1) is 14.5. The maximum Gasteiger partial charge on any atom is 0.194 e. The van der Waals surface area contributed by atoms with Crippen molar-refractivity contribution in [3.63, 3.8) is 0 Å². The van der Waals surface area contributed by atoms with Crippen LogP contribution in [0.1, 0.15) is 36.0 Å². The highest BCUT2D eigenvalue weighted by molar-refractivity contribution is 14.0. The average molecular weight is 560 g/mol. The minimum Gasteiger partial charge on any atom is -0.493 e. The number of aliphatic imine (C=N–C) groups is 1. The number of ether oxygens (including phenoxy) is 2. The van der Waals surface area contributed by atoms with E-state index < -0.39 is 0 Å². The maximum atomic E-state index is 5.43. The van der Waals surface area contributed by atoms with Crippen LogP contribution in [0.3, 0.4) is 0 Å². The molecule has 0 saturated carbocycles. The molecule has 1 aliphatic heterocycles. The number of methoxy groups -OCH3 is 2. The maximum absolute atomic E-state index is 5.43. The molecule has 9 heteroatoms. The van der Waals surface area contributed by atoms with E-state index in [0.29, 0.717) is 12.5 Å². The van der Waals surface area contributed by atoms with Gasteiger partial charge in [0.05, 0.1) is 31.5 Å². The van der Waals surface area contributed by atoms with Crippen molar-refractivity contribution in [3.05, 3.63) is 39.8 Å². The van der Waals surface area contributed by atoms with Gasteiger partial charge in [-0.1, -0.05) is 19.9 Å². The van der Waals surface area contributed by atoms with Gasteiger partial charge in [0.1, 0.15) is 0 Å². The minimum atomic E-state index is 0. The van der Waals surface area contributed by atoms with E-state index in [4.69, 9.17) is 14.5 Å².